The second kappa shape index (κ2) is 13.3. The van der Waals surface area contributed by atoms with E-state index in [9.17, 15) is 29.0 Å². The highest BCUT2D eigenvalue weighted by Gasteiger charge is 2.67. The highest BCUT2D eigenvalue weighted by atomic mass is 79.9. The van der Waals surface area contributed by atoms with Crippen molar-refractivity contribution in [3.63, 3.8) is 0 Å². The molecule has 6 rings (SSSR count). The molecule has 0 aromatic carbocycles. The number of nitrogens with zero attached hydrogens (tertiary/aromatic N) is 8. The molecular formula is C32H35BrFN9O5. The fourth-order valence-electron chi connectivity index (χ4n) is 6.67. The topological polar surface area (TPSA) is 180 Å². The third-order valence-corrected chi connectivity index (χ3v) is 9.63. The first-order valence-corrected chi connectivity index (χ1v) is 16.3. The number of likely N-dealkylation sites (tertiary alicyclic amines) is 1. The van der Waals surface area contributed by atoms with Crippen LogP contribution < -0.4 is 5.32 Å². The number of hydrogen-bond donors (Lipinski definition) is 3. The second-order valence-electron chi connectivity index (χ2n) is 12.4. The summed E-state index contributed by atoms with van der Waals surface area (Å²) in [5.41, 5.74) is 1.84. The monoisotopic (exact) mass is 723 g/mol. The van der Waals surface area contributed by atoms with Crippen molar-refractivity contribution in [2.24, 2.45) is 5.41 Å². The van der Waals surface area contributed by atoms with Gasteiger partial charge in [-0.15, -0.1) is 0 Å². The first-order chi connectivity index (χ1) is 22.9. The van der Waals surface area contributed by atoms with Gasteiger partial charge in [-0.05, 0) is 60.3 Å². The fourth-order valence-corrected chi connectivity index (χ4v) is 6.96. The van der Waals surface area contributed by atoms with E-state index in [0.717, 1.165) is 0 Å². The molecule has 4 aromatic heterocycles. The Bertz CT molecular complexity index is 1900. The Labute approximate surface area is 283 Å². The van der Waals surface area contributed by atoms with Gasteiger partial charge in [-0.3, -0.25) is 28.9 Å². The number of pyridine rings is 2. The van der Waals surface area contributed by atoms with Gasteiger partial charge in [-0.2, -0.15) is 5.10 Å². The summed E-state index contributed by atoms with van der Waals surface area (Å²) in [4.78, 5) is 61.3. The van der Waals surface area contributed by atoms with E-state index in [2.05, 4.69) is 46.3 Å². The van der Waals surface area contributed by atoms with Crippen LogP contribution in [0.5, 0.6) is 0 Å². The molecule has 1 aliphatic carbocycles. The van der Waals surface area contributed by atoms with Crippen molar-refractivity contribution in [2.75, 3.05) is 38.2 Å². The highest BCUT2D eigenvalue weighted by molar-refractivity contribution is 9.10. The van der Waals surface area contributed by atoms with Gasteiger partial charge in [0.15, 0.2) is 11.6 Å². The zero-order valence-corrected chi connectivity index (χ0v) is 28.2. The normalized spacial score (nSPS) is 20.0. The largest absolute Gasteiger partial charge is 0.395 e. The van der Waals surface area contributed by atoms with Crippen LogP contribution in [0.3, 0.4) is 0 Å². The Morgan fingerprint density at radius 3 is 2.46 bits per heavy atom. The van der Waals surface area contributed by atoms with E-state index in [1.807, 2.05) is 4.90 Å². The molecule has 5 heterocycles. The number of fused-ring (bicyclic) bond motifs is 2. The molecule has 48 heavy (non-hydrogen) atoms. The predicted molar refractivity (Wildman–Crippen MR) is 175 cm³/mol. The summed E-state index contributed by atoms with van der Waals surface area (Å²) in [5.74, 6) is -0.930. The minimum Gasteiger partial charge on any atom is -0.395 e. The summed E-state index contributed by atoms with van der Waals surface area (Å²) in [7, 11) is 0. The van der Waals surface area contributed by atoms with Crippen LogP contribution >= 0.6 is 15.9 Å². The van der Waals surface area contributed by atoms with Crippen LogP contribution in [-0.2, 0) is 16.1 Å². The molecule has 3 atom stereocenters. The molecule has 4 aromatic rings. The van der Waals surface area contributed by atoms with E-state index in [-0.39, 0.29) is 53.6 Å². The Kier molecular flexibility index (Phi) is 9.35. The Morgan fingerprint density at radius 2 is 1.79 bits per heavy atom. The number of nitrogens with one attached hydrogen (secondary N) is 1. The second-order valence-corrected chi connectivity index (χ2v) is 13.2. The standard InChI is InChI=1S/C32H35BrFN9O5/c1-17-8-22(34)29(33)38-30(17)39-31(48)24-10-32(16-41(4-6-44)5-7-45)11-26(32)43(24)27(47)15-42-25-14-37-23(20-12-35-19(3)36-13-20)9-21(25)28(40-42)18(2)46/h8-9,12-14,24,26,44-45H,4-7,10-11,15-16H2,1-3H3,(H,38,39,48)/t24-,26+,32-/m0/s1. The van der Waals surface area contributed by atoms with Crippen LogP contribution in [0.15, 0.2) is 35.3 Å². The van der Waals surface area contributed by atoms with Gasteiger partial charge in [0.2, 0.25) is 11.8 Å². The zero-order chi connectivity index (χ0) is 34.3. The number of aliphatic hydroxyl groups excluding tert-OH is 2. The molecular weight excluding hydrogens is 689 g/mol. The number of aryl methyl sites for hydroxylation is 2. The van der Waals surface area contributed by atoms with Crippen LogP contribution in [0.4, 0.5) is 10.2 Å². The molecule has 1 saturated heterocycles. The lowest BCUT2D eigenvalue weighted by Crippen LogP contribution is -2.47. The van der Waals surface area contributed by atoms with Gasteiger partial charge in [-0.1, -0.05) is 0 Å². The number of piperidine rings is 1. The number of carbonyl (C=O) groups is 3. The number of ketones is 1. The summed E-state index contributed by atoms with van der Waals surface area (Å²) in [6.45, 7) is 5.48. The number of aliphatic hydroxyl groups is 2. The number of rotatable bonds is 12. The molecule has 16 heteroatoms. The molecule has 252 valence electrons. The minimum atomic E-state index is -0.883. The third kappa shape index (κ3) is 6.44. The van der Waals surface area contributed by atoms with Crippen molar-refractivity contribution in [1.82, 2.24) is 39.5 Å². The Morgan fingerprint density at radius 1 is 1.08 bits per heavy atom. The van der Waals surface area contributed by atoms with Gasteiger partial charge < -0.3 is 20.4 Å². The van der Waals surface area contributed by atoms with E-state index in [1.165, 1.54) is 17.7 Å². The van der Waals surface area contributed by atoms with Gasteiger partial charge in [0.25, 0.3) is 0 Å². The molecule has 1 saturated carbocycles. The number of Topliss-reactive ketones (excluding diaryl/α,β-unsaturated/α-hetero) is 1. The molecule has 0 bridgehead atoms. The molecule has 2 fully saturated rings. The fraction of sp³-hybridized carbons (Fsp3) is 0.438. The number of amides is 2. The number of anilines is 1. The van der Waals surface area contributed by atoms with E-state index in [1.54, 1.807) is 43.4 Å². The third-order valence-electron chi connectivity index (χ3n) is 9.08. The molecule has 2 amide bonds. The average Bonchev–Trinajstić information content (AvgIpc) is 3.44. The molecule has 0 spiro atoms. The number of carbonyl (C=O) groups excluding carboxylic acids is 3. The SMILES string of the molecule is CC(=O)c1nn(CC(=O)N2[C@H](C(=O)Nc3nc(Br)c(F)cc3C)C[C@@]3(CN(CCO)CCO)C[C@@H]23)c2cnc(-c3cnc(C)nc3)cc12. The van der Waals surface area contributed by atoms with Crippen LogP contribution in [-0.4, -0.2) is 112 Å². The van der Waals surface area contributed by atoms with Crippen molar-refractivity contribution >= 4 is 50.2 Å². The number of hydrogen-bond acceptors (Lipinski definition) is 11. The van der Waals surface area contributed by atoms with E-state index < -0.39 is 23.2 Å². The average molecular weight is 725 g/mol. The van der Waals surface area contributed by atoms with Crippen molar-refractivity contribution in [1.29, 1.82) is 0 Å². The van der Waals surface area contributed by atoms with Crippen LogP contribution in [0, 0.1) is 25.1 Å². The quantitative estimate of drug-likeness (QED) is 0.144. The Balaban J connectivity index is 1.31. The van der Waals surface area contributed by atoms with Crippen LogP contribution in [0.25, 0.3) is 22.2 Å². The lowest BCUT2D eigenvalue weighted by atomic mass is 9.98. The van der Waals surface area contributed by atoms with Gasteiger partial charge in [0, 0.05) is 61.4 Å². The summed E-state index contributed by atoms with van der Waals surface area (Å²) in [6.07, 6.45) is 5.81. The summed E-state index contributed by atoms with van der Waals surface area (Å²) in [5, 5.41) is 27.0. The lowest BCUT2D eigenvalue weighted by Gasteiger charge is -2.27. The number of aromatic nitrogens is 6. The molecule has 3 N–H and O–H groups in total. The van der Waals surface area contributed by atoms with Crippen molar-refractivity contribution < 1.29 is 29.0 Å². The molecule has 14 nitrogen and oxygen atoms in total. The number of halogens is 2. The van der Waals surface area contributed by atoms with E-state index in [4.69, 9.17) is 0 Å². The highest BCUT2D eigenvalue weighted by Crippen LogP contribution is 2.60. The lowest BCUT2D eigenvalue weighted by molar-refractivity contribution is -0.138. The van der Waals surface area contributed by atoms with Crippen molar-refractivity contribution in [3.05, 3.63) is 58.2 Å². The van der Waals surface area contributed by atoms with E-state index >= 15 is 0 Å². The van der Waals surface area contributed by atoms with Gasteiger partial charge in [0.05, 0.1) is 30.6 Å². The molecule has 2 aliphatic rings. The van der Waals surface area contributed by atoms with Crippen molar-refractivity contribution in [3.8, 4) is 11.3 Å². The zero-order valence-electron chi connectivity index (χ0n) is 26.7. The Hall–Kier alpha value is -4.25. The smallest absolute Gasteiger partial charge is 0.248 e. The van der Waals surface area contributed by atoms with E-state index in [0.29, 0.717) is 66.0 Å². The summed E-state index contributed by atoms with van der Waals surface area (Å²) in [6, 6.07) is 1.81. The predicted octanol–water partition coefficient (Wildman–Crippen LogP) is 2.29. The van der Waals surface area contributed by atoms with Crippen LogP contribution in [0.2, 0.25) is 0 Å². The van der Waals surface area contributed by atoms with Crippen LogP contribution in [0.1, 0.15) is 41.6 Å². The molecule has 0 unspecified atom stereocenters. The summed E-state index contributed by atoms with van der Waals surface area (Å²) < 4.78 is 15.4. The summed E-state index contributed by atoms with van der Waals surface area (Å²) >= 11 is 3.07. The van der Waals surface area contributed by atoms with Crippen molar-refractivity contribution in [2.45, 2.75) is 52.2 Å². The van der Waals surface area contributed by atoms with Gasteiger partial charge in [0.1, 0.15) is 34.5 Å². The first kappa shape index (κ1) is 33.6. The molecule has 1 aliphatic heterocycles. The first-order valence-electron chi connectivity index (χ1n) is 15.5. The molecule has 0 radical (unpaired) electrons. The van der Waals surface area contributed by atoms with Gasteiger partial charge >= 0.3 is 0 Å². The maximum atomic E-state index is 14.2. The maximum Gasteiger partial charge on any atom is 0.248 e. The van der Waals surface area contributed by atoms with Gasteiger partial charge in [-0.25, -0.2) is 19.3 Å². The maximum absolute atomic E-state index is 14.2. The minimum absolute atomic E-state index is 0.0516.